The van der Waals surface area contributed by atoms with Gasteiger partial charge in [-0.1, -0.05) is 18.2 Å². The van der Waals surface area contributed by atoms with E-state index < -0.39 is 5.60 Å². The average molecular weight is 203 g/mol. The van der Waals surface area contributed by atoms with Gasteiger partial charge in [-0.3, -0.25) is 0 Å². The highest BCUT2D eigenvalue weighted by Gasteiger charge is 2.21. The van der Waals surface area contributed by atoms with Crippen molar-refractivity contribution in [2.75, 3.05) is 0 Å². The molecule has 0 spiro atoms. The number of aromatic nitrogens is 1. The van der Waals surface area contributed by atoms with Crippen molar-refractivity contribution >= 4 is 0 Å². The van der Waals surface area contributed by atoms with Crippen molar-refractivity contribution in [1.29, 1.82) is 0 Å². The van der Waals surface area contributed by atoms with E-state index in [0.717, 1.165) is 11.1 Å². The molecule has 0 amide bonds. The van der Waals surface area contributed by atoms with Gasteiger partial charge in [0.1, 0.15) is 6.26 Å². The SMILES string of the molecule is CC(C)(O)c1ccccc1-c1ncco1. The summed E-state index contributed by atoms with van der Waals surface area (Å²) >= 11 is 0. The number of hydrogen-bond donors (Lipinski definition) is 1. The molecule has 2 rings (SSSR count). The zero-order chi connectivity index (χ0) is 10.9. The summed E-state index contributed by atoms with van der Waals surface area (Å²) in [4.78, 5) is 4.08. The van der Waals surface area contributed by atoms with Crippen LogP contribution in [0.4, 0.5) is 0 Å². The molecule has 15 heavy (non-hydrogen) atoms. The largest absolute Gasteiger partial charge is 0.445 e. The molecule has 0 aliphatic carbocycles. The minimum atomic E-state index is -0.898. The zero-order valence-corrected chi connectivity index (χ0v) is 8.77. The van der Waals surface area contributed by atoms with E-state index in [1.807, 2.05) is 24.3 Å². The Bertz CT molecular complexity index is 441. The summed E-state index contributed by atoms with van der Waals surface area (Å²) in [7, 11) is 0. The van der Waals surface area contributed by atoms with E-state index in [-0.39, 0.29) is 0 Å². The number of rotatable bonds is 2. The van der Waals surface area contributed by atoms with Crippen molar-refractivity contribution < 1.29 is 9.52 Å². The second kappa shape index (κ2) is 3.51. The molecule has 0 atom stereocenters. The van der Waals surface area contributed by atoms with E-state index in [4.69, 9.17) is 4.42 Å². The molecule has 78 valence electrons. The molecular formula is C12H13NO2. The quantitative estimate of drug-likeness (QED) is 0.815. The fourth-order valence-electron chi connectivity index (χ4n) is 1.56. The predicted octanol–water partition coefficient (Wildman–Crippen LogP) is 2.57. The van der Waals surface area contributed by atoms with Gasteiger partial charge in [0.05, 0.1) is 11.8 Å². The zero-order valence-electron chi connectivity index (χ0n) is 8.77. The van der Waals surface area contributed by atoms with Crippen molar-refractivity contribution in [2.24, 2.45) is 0 Å². The lowest BCUT2D eigenvalue weighted by Crippen LogP contribution is -2.16. The summed E-state index contributed by atoms with van der Waals surface area (Å²) in [6.07, 6.45) is 3.12. The lowest BCUT2D eigenvalue weighted by atomic mass is 9.93. The van der Waals surface area contributed by atoms with Gasteiger partial charge in [0, 0.05) is 5.56 Å². The molecule has 1 aromatic heterocycles. The Hall–Kier alpha value is -1.61. The fourth-order valence-corrected chi connectivity index (χ4v) is 1.56. The Balaban J connectivity index is 2.58. The van der Waals surface area contributed by atoms with Gasteiger partial charge in [-0.15, -0.1) is 0 Å². The van der Waals surface area contributed by atoms with Crippen LogP contribution in [0.1, 0.15) is 19.4 Å². The van der Waals surface area contributed by atoms with Crippen molar-refractivity contribution in [3.05, 3.63) is 42.3 Å². The lowest BCUT2D eigenvalue weighted by Gasteiger charge is -2.20. The normalized spacial score (nSPS) is 11.7. The van der Waals surface area contributed by atoms with Crippen molar-refractivity contribution in [1.82, 2.24) is 4.98 Å². The van der Waals surface area contributed by atoms with Gasteiger partial charge in [-0.2, -0.15) is 0 Å². The molecule has 0 saturated heterocycles. The Morgan fingerprint density at radius 3 is 2.60 bits per heavy atom. The van der Waals surface area contributed by atoms with Crippen LogP contribution in [-0.4, -0.2) is 10.1 Å². The molecule has 1 N–H and O–H groups in total. The van der Waals surface area contributed by atoms with Crippen LogP contribution in [0.25, 0.3) is 11.5 Å². The van der Waals surface area contributed by atoms with Crippen LogP contribution in [0.5, 0.6) is 0 Å². The molecule has 0 fully saturated rings. The third kappa shape index (κ3) is 1.92. The Morgan fingerprint density at radius 2 is 2.00 bits per heavy atom. The molecule has 1 heterocycles. The van der Waals surface area contributed by atoms with Crippen LogP contribution < -0.4 is 0 Å². The molecule has 1 aromatic carbocycles. The van der Waals surface area contributed by atoms with Crippen molar-refractivity contribution in [3.63, 3.8) is 0 Å². The van der Waals surface area contributed by atoms with Gasteiger partial charge in [0.25, 0.3) is 0 Å². The summed E-state index contributed by atoms with van der Waals surface area (Å²) in [5.74, 6) is 0.535. The molecule has 3 heteroatoms. The number of hydrogen-bond acceptors (Lipinski definition) is 3. The summed E-state index contributed by atoms with van der Waals surface area (Å²) in [5, 5.41) is 10.00. The second-order valence-corrected chi connectivity index (χ2v) is 3.94. The van der Waals surface area contributed by atoms with Gasteiger partial charge in [0.2, 0.25) is 5.89 Å². The summed E-state index contributed by atoms with van der Waals surface area (Å²) < 4.78 is 5.23. The molecule has 0 aliphatic heterocycles. The maximum Gasteiger partial charge on any atom is 0.226 e. The minimum Gasteiger partial charge on any atom is -0.445 e. The van der Waals surface area contributed by atoms with Gasteiger partial charge in [-0.25, -0.2) is 4.98 Å². The average Bonchev–Trinajstić information content (AvgIpc) is 2.69. The number of benzene rings is 1. The van der Waals surface area contributed by atoms with Crippen LogP contribution in [0.3, 0.4) is 0 Å². The Kier molecular flexibility index (Phi) is 2.32. The molecule has 0 unspecified atom stereocenters. The molecule has 2 aromatic rings. The first-order chi connectivity index (χ1) is 7.09. The molecule has 0 bridgehead atoms. The van der Waals surface area contributed by atoms with Crippen LogP contribution in [-0.2, 0) is 5.60 Å². The van der Waals surface area contributed by atoms with E-state index >= 15 is 0 Å². The van der Waals surface area contributed by atoms with E-state index in [0.29, 0.717) is 5.89 Å². The highest BCUT2D eigenvalue weighted by molar-refractivity contribution is 5.59. The van der Waals surface area contributed by atoms with Crippen molar-refractivity contribution in [2.45, 2.75) is 19.4 Å². The Morgan fingerprint density at radius 1 is 1.27 bits per heavy atom. The standard InChI is InChI=1S/C12H13NO2/c1-12(2,14)10-6-4-3-5-9(10)11-13-7-8-15-11/h3-8,14H,1-2H3. The smallest absolute Gasteiger partial charge is 0.226 e. The third-order valence-electron chi connectivity index (χ3n) is 2.25. The predicted molar refractivity (Wildman–Crippen MR) is 57.2 cm³/mol. The highest BCUT2D eigenvalue weighted by atomic mass is 16.3. The summed E-state index contributed by atoms with van der Waals surface area (Å²) in [5.41, 5.74) is 0.743. The summed E-state index contributed by atoms with van der Waals surface area (Å²) in [6, 6.07) is 7.55. The van der Waals surface area contributed by atoms with E-state index in [9.17, 15) is 5.11 Å². The first-order valence-corrected chi connectivity index (χ1v) is 4.81. The van der Waals surface area contributed by atoms with Gasteiger partial charge in [-0.05, 0) is 25.5 Å². The second-order valence-electron chi connectivity index (χ2n) is 3.94. The molecule has 0 radical (unpaired) electrons. The van der Waals surface area contributed by atoms with Gasteiger partial charge >= 0.3 is 0 Å². The van der Waals surface area contributed by atoms with E-state index in [1.54, 1.807) is 20.0 Å². The van der Waals surface area contributed by atoms with Crippen LogP contribution in [0.2, 0.25) is 0 Å². The fraction of sp³-hybridized carbons (Fsp3) is 0.250. The minimum absolute atomic E-state index is 0.535. The van der Waals surface area contributed by atoms with E-state index in [2.05, 4.69) is 4.98 Å². The highest BCUT2D eigenvalue weighted by Crippen LogP contribution is 2.30. The number of nitrogens with zero attached hydrogens (tertiary/aromatic N) is 1. The first-order valence-electron chi connectivity index (χ1n) is 4.81. The van der Waals surface area contributed by atoms with Crippen molar-refractivity contribution in [3.8, 4) is 11.5 Å². The Labute approximate surface area is 88.4 Å². The van der Waals surface area contributed by atoms with Crippen LogP contribution >= 0.6 is 0 Å². The number of aliphatic hydroxyl groups is 1. The van der Waals surface area contributed by atoms with Gasteiger partial charge in [0.15, 0.2) is 0 Å². The molecule has 0 aliphatic rings. The topological polar surface area (TPSA) is 46.3 Å². The summed E-state index contributed by atoms with van der Waals surface area (Å²) in [6.45, 7) is 3.49. The molecule has 0 saturated carbocycles. The maximum atomic E-state index is 10.00. The third-order valence-corrected chi connectivity index (χ3v) is 2.25. The number of oxazole rings is 1. The molecular weight excluding hydrogens is 190 g/mol. The van der Waals surface area contributed by atoms with Crippen LogP contribution in [0, 0.1) is 0 Å². The first kappa shape index (κ1) is 9.93. The maximum absolute atomic E-state index is 10.00. The molecule has 3 nitrogen and oxygen atoms in total. The lowest BCUT2D eigenvalue weighted by molar-refractivity contribution is 0.0790. The van der Waals surface area contributed by atoms with Crippen LogP contribution in [0.15, 0.2) is 41.1 Å². The van der Waals surface area contributed by atoms with Gasteiger partial charge < -0.3 is 9.52 Å². The monoisotopic (exact) mass is 203 g/mol. The van der Waals surface area contributed by atoms with E-state index in [1.165, 1.54) is 6.26 Å².